The number of carbonyl (C=O) groups is 1. The van der Waals surface area contributed by atoms with Crippen molar-refractivity contribution < 1.29 is 13.6 Å². The van der Waals surface area contributed by atoms with Gasteiger partial charge in [-0.2, -0.15) is 4.98 Å². The lowest BCUT2D eigenvalue weighted by Crippen LogP contribution is -2.30. The summed E-state index contributed by atoms with van der Waals surface area (Å²) in [4.78, 5) is 18.8. The first kappa shape index (κ1) is 17.8. The van der Waals surface area contributed by atoms with Gasteiger partial charge in [0.1, 0.15) is 5.52 Å². The van der Waals surface area contributed by atoms with Gasteiger partial charge in [0.15, 0.2) is 11.4 Å². The molecule has 1 atom stereocenters. The number of likely N-dealkylation sites (tertiary alicyclic amines) is 1. The Bertz CT molecular complexity index is 1000. The smallest absolute Gasteiger partial charge is 0.295 e. The van der Waals surface area contributed by atoms with E-state index in [1.54, 1.807) is 18.2 Å². The molecule has 1 aliphatic rings. The van der Waals surface area contributed by atoms with Crippen LogP contribution in [0.3, 0.4) is 0 Å². The Labute approximate surface area is 161 Å². The summed E-state index contributed by atoms with van der Waals surface area (Å²) in [5, 5.41) is 3.59. The van der Waals surface area contributed by atoms with Gasteiger partial charge < -0.3 is 14.6 Å². The lowest BCUT2D eigenvalue weighted by molar-refractivity contribution is 0.0788. The van der Waals surface area contributed by atoms with Crippen molar-refractivity contribution in [3.8, 4) is 0 Å². The van der Waals surface area contributed by atoms with E-state index in [1.165, 1.54) is 6.07 Å². The molecule has 2 aromatic carbocycles. The van der Waals surface area contributed by atoms with Crippen LogP contribution >= 0.6 is 11.6 Å². The summed E-state index contributed by atoms with van der Waals surface area (Å²) in [5.41, 5.74) is 2.18. The Kier molecular flexibility index (Phi) is 4.74. The van der Waals surface area contributed by atoms with E-state index in [1.807, 2.05) is 24.0 Å². The maximum absolute atomic E-state index is 13.7. The predicted molar refractivity (Wildman–Crippen MR) is 103 cm³/mol. The molecule has 27 heavy (non-hydrogen) atoms. The molecule has 1 amide bonds. The molecular formula is C20H19ClFN3O2. The highest BCUT2D eigenvalue weighted by molar-refractivity contribution is 6.33. The third-order valence-electron chi connectivity index (χ3n) is 4.83. The number of rotatable bonds is 4. The highest BCUT2D eigenvalue weighted by Gasteiger charge is 2.28. The van der Waals surface area contributed by atoms with Crippen LogP contribution in [0.25, 0.3) is 11.1 Å². The van der Waals surface area contributed by atoms with Gasteiger partial charge in [0.2, 0.25) is 0 Å². The van der Waals surface area contributed by atoms with E-state index in [4.69, 9.17) is 16.0 Å². The molecule has 0 spiro atoms. The normalized spacial score (nSPS) is 16.9. The van der Waals surface area contributed by atoms with Crippen molar-refractivity contribution in [1.82, 2.24) is 9.88 Å². The number of oxazole rings is 1. The largest absolute Gasteiger partial charge is 0.420 e. The fourth-order valence-corrected chi connectivity index (χ4v) is 3.58. The molecule has 0 saturated carbocycles. The van der Waals surface area contributed by atoms with Crippen molar-refractivity contribution in [3.63, 3.8) is 0 Å². The Hall–Kier alpha value is -2.60. The van der Waals surface area contributed by atoms with Crippen LogP contribution in [0.15, 0.2) is 40.8 Å². The predicted octanol–water partition coefficient (Wildman–Crippen LogP) is 4.50. The van der Waals surface area contributed by atoms with E-state index in [0.29, 0.717) is 41.8 Å². The average molecular weight is 388 g/mol. The molecule has 3 aromatic rings. The van der Waals surface area contributed by atoms with Crippen LogP contribution in [0.4, 0.5) is 10.4 Å². The molecule has 1 N–H and O–H groups in total. The molecule has 1 fully saturated rings. The quantitative estimate of drug-likeness (QED) is 0.716. The molecule has 1 saturated heterocycles. The number of para-hydroxylation sites is 1. The Morgan fingerprint density at radius 1 is 1.41 bits per heavy atom. The standard InChI is InChI=1S/C20H19ClFN3O2/c1-12-5-6-15(21)14(9-12)19(26)25-8-7-13(11-25)10-23-20-24-17-4-2-3-16(22)18(17)27-20/h2-6,9,13H,7-8,10-11H2,1H3,(H,23,24). The first-order chi connectivity index (χ1) is 13.0. The number of aryl methyl sites for hydroxylation is 1. The summed E-state index contributed by atoms with van der Waals surface area (Å²) >= 11 is 6.19. The summed E-state index contributed by atoms with van der Waals surface area (Å²) in [5.74, 6) is -0.215. The Morgan fingerprint density at radius 3 is 3.07 bits per heavy atom. The molecule has 0 radical (unpaired) electrons. The zero-order valence-corrected chi connectivity index (χ0v) is 15.6. The second kappa shape index (κ2) is 7.19. The second-order valence-electron chi connectivity index (χ2n) is 6.88. The van der Waals surface area contributed by atoms with Gasteiger partial charge in [-0.1, -0.05) is 29.3 Å². The van der Waals surface area contributed by atoms with Crippen molar-refractivity contribution >= 4 is 34.6 Å². The third-order valence-corrected chi connectivity index (χ3v) is 5.16. The maximum Gasteiger partial charge on any atom is 0.295 e. The number of nitrogens with one attached hydrogen (secondary N) is 1. The van der Waals surface area contributed by atoms with Crippen molar-refractivity contribution in [1.29, 1.82) is 0 Å². The number of nitrogens with zero attached hydrogens (tertiary/aromatic N) is 2. The number of amides is 1. The lowest BCUT2D eigenvalue weighted by atomic mass is 10.1. The number of anilines is 1. The summed E-state index contributed by atoms with van der Waals surface area (Å²) in [7, 11) is 0. The van der Waals surface area contributed by atoms with Crippen molar-refractivity contribution in [3.05, 3.63) is 58.4 Å². The van der Waals surface area contributed by atoms with Gasteiger partial charge in [0, 0.05) is 19.6 Å². The van der Waals surface area contributed by atoms with Crippen molar-refractivity contribution in [2.24, 2.45) is 5.92 Å². The SMILES string of the molecule is Cc1ccc(Cl)c(C(=O)N2CCC(CNc3nc4cccc(F)c4o3)C2)c1. The molecule has 2 heterocycles. The summed E-state index contributed by atoms with van der Waals surface area (Å²) in [6, 6.07) is 10.4. The van der Waals surface area contributed by atoms with E-state index in [2.05, 4.69) is 10.3 Å². The van der Waals surface area contributed by atoms with Gasteiger partial charge in [0.25, 0.3) is 11.9 Å². The first-order valence-electron chi connectivity index (χ1n) is 8.85. The van der Waals surface area contributed by atoms with Crippen LogP contribution in [0.1, 0.15) is 22.3 Å². The number of carbonyl (C=O) groups excluding carboxylic acids is 1. The molecule has 7 heteroatoms. The number of halogens is 2. The zero-order chi connectivity index (χ0) is 19.0. The minimum Gasteiger partial charge on any atom is -0.420 e. The maximum atomic E-state index is 13.7. The molecule has 4 rings (SSSR count). The van der Waals surface area contributed by atoms with Gasteiger partial charge in [-0.05, 0) is 43.5 Å². The van der Waals surface area contributed by atoms with E-state index in [-0.39, 0.29) is 17.4 Å². The Balaban J connectivity index is 1.38. The molecule has 1 aliphatic heterocycles. The van der Waals surface area contributed by atoms with Crippen molar-refractivity contribution in [2.45, 2.75) is 13.3 Å². The number of aromatic nitrogens is 1. The van der Waals surface area contributed by atoms with Crippen LogP contribution < -0.4 is 5.32 Å². The fourth-order valence-electron chi connectivity index (χ4n) is 3.38. The fraction of sp³-hybridized carbons (Fsp3) is 0.300. The van der Waals surface area contributed by atoms with Crippen LogP contribution in [-0.4, -0.2) is 35.4 Å². The van der Waals surface area contributed by atoms with E-state index >= 15 is 0 Å². The summed E-state index contributed by atoms with van der Waals surface area (Å²) < 4.78 is 19.1. The van der Waals surface area contributed by atoms with Crippen LogP contribution in [-0.2, 0) is 0 Å². The van der Waals surface area contributed by atoms with Gasteiger partial charge in [-0.15, -0.1) is 0 Å². The molecule has 1 unspecified atom stereocenters. The molecule has 140 valence electrons. The molecule has 5 nitrogen and oxygen atoms in total. The highest BCUT2D eigenvalue weighted by Crippen LogP contribution is 2.25. The van der Waals surface area contributed by atoms with Gasteiger partial charge in [-0.25, -0.2) is 4.39 Å². The summed E-state index contributed by atoms with van der Waals surface area (Å²) in [6.07, 6.45) is 0.872. The van der Waals surface area contributed by atoms with Crippen LogP contribution in [0, 0.1) is 18.7 Å². The lowest BCUT2D eigenvalue weighted by Gasteiger charge is -2.17. The molecule has 1 aromatic heterocycles. The molecular weight excluding hydrogens is 369 g/mol. The minimum atomic E-state index is -0.430. The van der Waals surface area contributed by atoms with Crippen molar-refractivity contribution in [2.75, 3.05) is 25.0 Å². The topological polar surface area (TPSA) is 58.4 Å². The van der Waals surface area contributed by atoms with E-state index < -0.39 is 5.82 Å². The molecule has 0 bridgehead atoms. The number of hydrogen-bond donors (Lipinski definition) is 1. The number of hydrogen-bond acceptors (Lipinski definition) is 4. The molecule has 0 aliphatic carbocycles. The van der Waals surface area contributed by atoms with Crippen LogP contribution in [0.5, 0.6) is 0 Å². The minimum absolute atomic E-state index is 0.0462. The first-order valence-corrected chi connectivity index (χ1v) is 9.23. The zero-order valence-electron chi connectivity index (χ0n) is 14.8. The van der Waals surface area contributed by atoms with E-state index in [9.17, 15) is 9.18 Å². The number of benzene rings is 2. The summed E-state index contributed by atoms with van der Waals surface area (Å²) in [6.45, 7) is 3.84. The second-order valence-corrected chi connectivity index (χ2v) is 7.28. The van der Waals surface area contributed by atoms with Crippen LogP contribution in [0.2, 0.25) is 5.02 Å². The average Bonchev–Trinajstić information content (AvgIpc) is 3.29. The van der Waals surface area contributed by atoms with E-state index in [0.717, 1.165) is 12.0 Å². The third kappa shape index (κ3) is 3.62. The van der Waals surface area contributed by atoms with Gasteiger partial charge in [0.05, 0.1) is 10.6 Å². The van der Waals surface area contributed by atoms with Gasteiger partial charge in [-0.3, -0.25) is 4.79 Å². The number of fused-ring (bicyclic) bond motifs is 1. The highest BCUT2D eigenvalue weighted by atomic mass is 35.5. The van der Waals surface area contributed by atoms with Gasteiger partial charge >= 0.3 is 0 Å². The Morgan fingerprint density at radius 2 is 2.26 bits per heavy atom. The monoisotopic (exact) mass is 387 g/mol.